The van der Waals surface area contributed by atoms with E-state index in [2.05, 4.69) is 15.4 Å². The summed E-state index contributed by atoms with van der Waals surface area (Å²) in [6.45, 7) is 1.58. The number of nitrogens with zero attached hydrogens (tertiary/aromatic N) is 1. The van der Waals surface area contributed by atoms with Gasteiger partial charge in [0.05, 0.1) is 11.0 Å². The molecule has 4 bridgehead atoms. The molecule has 5 N–H and O–H groups in total. The maximum atomic E-state index is 12.8. The zero-order valence-electron chi connectivity index (χ0n) is 19.8. The smallest absolute Gasteiger partial charge is 0.284 e. The van der Waals surface area contributed by atoms with Crippen LogP contribution in [0.15, 0.2) is 29.2 Å². The Hall–Kier alpha value is -2.66. The number of carbonyl (C=O) groups excluding carboxylic acids is 3. The van der Waals surface area contributed by atoms with E-state index in [1.54, 1.807) is 25.1 Å². The lowest BCUT2D eigenvalue weighted by Crippen LogP contribution is -2.60. The molecular weight excluding hydrogens is 470 g/mol. The van der Waals surface area contributed by atoms with Gasteiger partial charge in [-0.15, -0.1) is 0 Å². The van der Waals surface area contributed by atoms with Crippen molar-refractivity contribution >= 4 is 35.4 Å². The van der Waals surface area contributed by atoms with Crippen molar-refractivity contribution in [2.75, 3.05) is 0 Å². The molecule has 0 aromatic heterocycles. The van der Waals surface area contributed by atoms with Gasteiger partial charge in [-0.3, -0.25) is 24.5 Å². The van der Waals surface area contributed by atoms with Crippen LogP contribution in [0.5, 0.6) is 0 Å². The highest BCUT2D eigenvalue weighted by molar-refractivity contribution is 7.97. The Bertz CT molecular complexity index is 967. The second kappa shape index (κ2) is 10.5. The molecule has 5 rings (SSSR count). The summed E-state index contributed by atoms with van der Waals surface area (Å²) >= 11 is 0.963. The van der Waals surface area contributed by atoms with Gasteiger partial charge in [0, 0.05) is 18.0 Å². The number of benzene rings is 1. The molecule has 190 valence electrons. The molecule has 4 fully saturated rings. The fourth-order valence-electron chi connectivity index (χ4n) is 6.38. The standard InChI is InChI=1S/C24H33N5O5S/c1-14(28-35-20-5-3-2-4-19(20)29(33)34)23(32)26-18(22(25)31)6-7-21(30)27-24-11-15-8-16(12-24)10-17(9-15)13-24/h2-5,14-18,28H,6-13H2,1H3,(H2,25,31)(H,26,32)(H,27,30)/t14-,15?,16?,17?,18+,24?/m0/s1. The molecule has 4 aliphatic rings. The van der Waals surface area contributed by atoms with Crippen molar-refractivity contribution in [2.24, 2.45) is 23.5 Å². The van der Waals surface area contributed by atoms with Crippen LogP contribution in [-0.2, 0) is 14.4 Å². The molecule has 10 nitrogen and oxygen atoms in total. The highest BCUT2D eigenvalue weighted by Crippen LogP contribution is 2.55. The van der Waals surface area contributed by atoms with E-state index in [9.17, 15) is 24.5 Å². The first-order valence-electron chi connectivity index (χ1n) is 12.2. The van der Waals surface area contributed by atoms with Crippen LogP contribution in [0.4, 0.5) is 5.69 Å². The first-order chi connectivity index (χ1) is 16.6. The summed E-state index contributed by atoms with van der Waals surface area (Å²) in [5.74, 6) is 0.835. The lowest BCUT2D eigenvalue weighted by atomic mass is 9.53. The van der Waals surface area contributed by atoms with Crippen LogP contribution in [0.2, 0.25) is 0 Å². The topological polar surface area (TPSA) is 156 Å². The number of hydrogen-bond donors (Lipinski definition) is 4. The van der Waals surface area contributed by atoms with E-state index in [0.29, 0.717) is 22.6 Å². The molecule has 4 aliphatic carbocycles. The van der Waals surface area contributed by atoms with Crippen LogP contribution in [-0.4, -0.2) is 40.3 Å². The van der Waals surface area contributed by atoms with Crippen LogP contribution in [0.25, 0.3) is 0 Å². The SMILES string of the molecule is C[C@H](NSc1ccccc1[N+](=O)[O-])C(=O)N[C@H](CCC(=O)NC12CC3CC(CC(C3)C1)C2)C(N)=O. The Labute approximate surface area is 208 Å². The number of amides is 3. The largest absolute Gasteiger partial charge is 0.368 e. The van der Waals surface area contributed by atoms with Gasteiger partial charge in [0.15, 0.2) is 0 Å². The Morgan fingerprint density at radius 1 is 1.14 bits per heavy atom. The van der Waals surface area contributed by atoms with Crippen molar-refractivity contribution in [3.63, 3.8) is 0 Å². The van der Waals surface area contributed by atoms with Gasteiger partial charge in [0.25, 0.3) is 5.69 Å². The highest BCUT2D eigenvalue weighted by atomic mass is 32.2. The number of nitrogens with two attached hydrogens (primary N) is 1. The molecule has 1 aromatic carbocycles. The molecule has 3 amide bonds. The first kappa shape index (κ1) is 25.4. The summed E-state index contributed by atoms with van der Waals surface area (Å²) in [7, 11) is 0. The number of nitro groups is 1. The van der Waals surface area contributed by atoms with Crippen LogP contribution >= 0.6 is 11.9 Å². The van der Waals surface area contributed by atoms with Crippen LogP contribution < -0.4 is 21.1 Å². The average molecular weight is 504 g/mol. The Balaban J connectivity index is 1.26. The molecule has 2 atom stereocenters. The molecule has 0 spiro atoms. The minimum absolute atomic E-state index is 0.0716. The van der Waals surface area contributed by atoms with E-state index in [4.69, 9.17) is 5.73 Å². The molecule has 0 heterocycles. The number of nitrogens with one attached hydrogen (secondary N) is 3. The van der Waals surface area contributed by atoms with E-state index < -0.39 is 28.8 Å². The third-order valence-electron chi connectivity index (χ3n) is 7.56. The molecule has 4 saturated carbocycles. The van der Waals surface area contributed by atoms with Crippen LogP contribution in [0.1, 0.15) is 58.3 Å². The molecule has 11 heteroatoms. The van der Waals surface area contributed by atoms with Crippen molar-refractivity contribution < 1.29 is 19.3 Å². The molecule has 0 unspecified atom stereocenters. The van der Waals surface area contributed by atoms with Gasteiger partial charge in [0.2, 0.25) is 17.7 Å². The van der Waals surface area contributed by atoms with E-state index in [1.165, 1.54) is 25.3 Å². The van der Waals surface area contributed by atoms with Crippen molar-refractivity contribution in [3.8, 4) is 0 Å². The van der Waals surface area contributed by atoms with E-state index in [1.807, 2.05) is 0 Å². The van der Waals surface area contributed by atoms with Crippen molar-refractivity contribution in [1.29, 1.82) is 0 Å². The van der Waals surface area contributed by atoms with Gasteiger partial charge < -0.3 is 16.4 Å². The fourth-order valence-corrected chi connectivity index (χ4v) is 7.18. The number of primary amides is 1. The zero-order chi connectivity index (χ0) is 25.2. The normalized spacial score (nSPS) is 28.2. The van der Waals surface area contributed by atoms with Gasteiger partial charge in [-0.25, -0.2) is 4.72 Å². The summed E-state index contributed by atoms with van der Waals surface area (Å²) in [5.41, 5.74) is 5.32. The number of carbonyl (C=O) groups is 3. The third-order valence-corrected chi connectivity index (χ3v) is 8.60. The molecule has 1 aromatic rings. The van der Waals surface area contributed by atoms with Gasteiger partial charge in [-0.1, -0.05) is 12.1 Å². The lowest BCUT2D eigenvalue weighted by Gasteiger charge is -2.57. The Morgan fingerprint density at radius 2 is 1.74 bits per heavy atom. The maximum absolute atomic E-state index is 12.8. The minimum Gasteiger partial charge on any atom is -0.368 e. The van der Waals surface area contributed by atoms with Crippen molar-refractivity contribution in [3.05, 3.63) is 34.4 Å². The second-order valence-corrected chi connectivity index (χ2v) is 11.3. The summed E-state index contributed by atoms with van der Waals surface area (Å²) in [4.78, 5) is 48.4. The van der Waals surface area contributed by atoms with Gasteiger partial charge in [0.1, 0.15) is 10.9 Å². The fraction of sp³-hybridized carbons (Fsp3) is 0.625. The zero-order valence-corrected chi connectivity index (χ0v) is 20.6. The summed E-state index contributed by atoms with van der Waals surface area (Å²) in [6.07, 6.45) is 7.20. The van der Waals surface area contributed by atoms with E-state index >= 15 is 0 Å². The average Bonchev–Trinajstić information content (AvgIpc) is 2.78. The first-order valence-corrected chi connectivity index (χ1v) is 13.0. The number of nitro benzene ring substituents is 1. The quantitative estimate of drug-likeness (QED) is 0.205. The summed E-state index contributed by atoms with van der Waals surface area (Å²) in [5, 5.41) is 17.0. The summed E-state index contributed by atoms with van der Waals surface area (Å²) in [6, 6.07) is 4.45. The minimum atomic E-state index is -0.982. The highest BCUT2D eigenvalue weighted by Gasteiger charge is 2.51. The molecule has 0 radical (unpaired) electrons. The van der Waals surface area contributed by atoms with Crippen LogP contribution in [0.3, 0.4) is 0 Å². The molecule has 0 aliphatic heterocycles. The lowest BCUT2D eigenvalue weighted by molar-refractivity contribution is -0.387. The van der Waals surface area contributed by atoms with Crippen molar-refractivity contribution in [2.45, 2.75) is 80.8 Å². The summed E-state index contributed by atoms with van der Waals surface area (Å²) < 4.78 is 2.86. The predicted octanol–water partition coefficient (Wildman–Crippen LogP) is 2.42. The van der Waals surface area contributed by atoms with Gasteiger partial charge in [-0.05, 0) is 87.6 Å². The number of hydrogen-bond acceptors (Lipinski definition) is 7. The molecular formula is C24H33N5O5S. The second-order valence-electron chi connectivity index (χ2n) is 10.4. The maximum Gasteiger partial charge on any atom is 0.284 e. The predicted molar refractivity (Wildman–Crippen MR) is 131 cm³/mol. The van der Waals surface area contributed by atoms with E-state index in [0.717, 1.165) is 31.2 Å². The molecule has 0 saturated heterocycles. The monoisotopic (exact) mass is 503 g/mol. The van der Waals surface area contributed by atoms with Gasteiger partial charge in [-0.2, -0.15) is 0 Å². The van der Waals surface area contributed by atoms with E-state index in [-0.39, 0.29) is 30.0 Å². The number of rotatable bonds is 11. The van der Waals surface area contributed by atoms with Gasteiger partial charge >= 0.3 is 0 Å². The Kier molecular flexibility index (Phi) is 7.65. The van der Waals surface area contributed by atoms with Crippen molar-refractivity contribution in [1.82, 2.24) is 15.4 Å². The van der Waals surface area contributed by atoms with Crippen LogP contribution in [0, 0.1) is 27.9 Å². The number of para-hydroxylation sites is 1. The Morgan fingerprint density at radius 3 is 2.31 bits per heavy atom. The molecule has 35 heavy (non-hydrogen) atoms. The third kappa shape index (κ3) is 6.13.